The highest BCUT2D eigenvalue weighted by molar-refractivity contribution is 5.88. The first kappa shape index (κ1) is 24.2. The number of nitrogens with two attached hydrogens (primary N) is 1. The zero-order valence-electron chi connectivity index (χ0n) is 21.0. The lowest BCUT2D eigenvalue weighted by atomic mass is 10.1. The second-order valence-electron chi connectivity index (χ2n) is 9.32. The molecule has 1 atom stereocenters. The van der Waals surface area contributed by atoms with Crippen LogP contribution in [-0.2, 0) is 4.79 Å². The van der Waals surface area contributed by atoms with Gasteiger partial charge in [-0.25, -0.2) is 9.78 Å². The Bertz CT molecular complexity index is 1500. The predicted octanol–water partition coefficient (Wildman–Crippen LogP) is 3.98. The molecule has 1 amide bonds. The fraction of sp³-hybridized carbons (Fsp3) is 0.250. The van der Waals surface area contributed by atoms with Crippen molar-refractivity contribution in [3.63, 3.8) is 0 Å². The summed E-state index contributed by atoms with van der Waals surface area (Å²) in [5.41, 5.74) is 9.03. The second kappa shape index (κ2) is 9.85. The van der Waals surface area contributed by atoms with Gasteiger partial charge in [-0.05, 0) is 73.5 Å². The molecule has 2 aromatic carbocycles. The van der Waals surface area contributed by atoms with Crippen LogP contribution in [0, 0.1) is 0 Å². The average Bonchev–Trinajstić information content (AvgIpc) is 3.22. The first-order valence-electron chi connectivity index (χ1n) is 12.2. The first-order valence-corrected chi connectivity index (χ1v) is 12.2. The number of likely N-dealkylation sites (tertiary alicyclic amines) is 1. The number of carbonyl (C=O) groups excluding carboxylic acids is 1. The minimum atomic E-state index is -0.222. The Morgan fingerprint density at radius 2 is 1.78 bits per heavy atom. The standard InChI is InChI=1S/C28H30N6O3/c1-4-25(35)32-17-5-6-21(18-32)33-24-15-16-30-27(29)26(24)34(28(33)36)20-9-13-23(14-10-20)37-22-11-7-19(8-12-22)31(2)3/h4,7-16,21H,1,5-6,17-18H2,2-3H3,(H2,29,30). The number of aromatic nitrogens is 3. The normalized spacial score (nSPS) is 15.5. The van der Waals surface area contributed by atoms with Gasteiger partial charge in [0, 0.05) is 39.1 Å². The van der Waals surface area contributed by atoms with Gasteiger partial charge in [-0.2, -0.15) is 0 Å². The van der Waals surface area contributed by atoms with E-state index in [-0.39, 0.29) is 23.5 Å². The van der Waals surface area contributed by atoms with Gasteiger partial charge in [0.1, 0.15) is 22.8 Å². The van der Waals surface area contributed by atoms with Crippen LogP contribution in [0.1, 0.15) is 18.9 Å². The molecular weight excluding hydrogens is 468 g/mol. The number of hydrogen-bond donors (Lipinski definition) is 1. The highest BCUT2D eigenvalue weighted by Crippen LogP contribution is 2.30. The van der Waals surface area contributed by atoms with Crippen LogP contribution in [0.4, 0.5) is 11.5 Å². The SMILES string of the molecule is C=CC(=O)N1CCCC(n2c(=O)n(-c3ccc(Oc4ccc(N(C)C)cc4)cc3)c3c(N)nccc32)C1. The van der Waals surface area contributed by atoms with Crippen molar-refractivity contribution in [3.05, 3.63) is 83.9 Å². The van der Waals surface area contributed by atoms with Gasteiger partial charge in [-0.15, -0.1) is 0 Å². The summed E-state index contributed by atoms with van der Waals surface area (Å²) in [4.78, 5) is 34.1. The fourth-order valence-corrected chi connectivity index (χ4v) is 4.89. The molecule has 2 aromatic heterocycles. The molecule has 4 aromatic rings. The summed E-state index contributed by atoms with van der Waals surface area (Å²) < 4.78 is 9.32. The lowest BCUT2D eigenvalue weighted by Crippen LogP contribution is -2.42. The highest BCUT2D eigenvalue weighted by Gasteiger charge is 2.28. The molecule has 1 fully saturated rings. The number of pyridine rings is 1. The van der Waals surface area contributed by atoms with Crippen LogP contribution in [0.25, 0.3) is 16.7 Å². The molecule has 0 radical (unpaired) electrons. The topological polar surface area (TPSA) is 98.6 Å². The van der Waals surface area contributed by atoms with Crippen LogP contribution in [0.3, 0.4) is 0 Å². The zero-order valence-corrected chi connectivity index (χ0v) is 21.0. The molecule has 1 unspecified atom stereocenters. The number of carbonyl (C=O) groups is 1. The number of imidazole rings is 1. The molecular formula is C28H30N6O3. The molecule has 1 aliphatic rings. The number of rotatable bonds is 6. The maximum Gasteiger partial charge on any atom is 0.334 e. The Morgan fingerprint density at radius 1 is 1.11 bits per heavy atom. The number of nitrogens with zero attached hydrogens (tertiary/aromatic N) is 5. The Balaban J connectivity index is 1.50. The van der Waals surface area contributed by atoms with Crippen LogP contribution in [0.15, 0.2) is 78.2 Å². The van der Waals surface area contributed by atoms with E-state index in [1.807, 2.05) is 67.5 Å². The monoisotopic (exact) mass is 498 g/mol. The molecule has 0 spiro atoms. The highest BCUT2D eigenvalue weighted by atomic mass is 16.5. The molecule has 9 heteroatoms. The van der Waals surface area contributed by atoms with E-state index < -0.39 is 0 Å². The molecule has 0 bridgehead atoms. The van der Waals surface area contributed by atoms with E-state index in [2.05, 4.69) is 11.6 Å². The quantitative estimate of drug-likeness (QED) is 0.404. The van der Waals surface area contributed by atoms with Gasteiger partial charge in [0.2, 0.25) is 5.91 Å². The number of benzene rings is 2. The lowest BCUT2D eigenvalue weighted by Gasteiger charge is -2.32. The minimum absolute atomic E-state index is 0.130. The van der Waals surface area contributed by atoms with Crippen LogP contribution >= 0.6 is 0 Å². The van der Waals surface area contributed by atoms with Gasteiger partial charge in [-0.3, -0.25) is 13.9 Å². The molecule has 9 nitrogen and oxygen atoms in total. The Labute approximate surface area is 215 Å². The number of anilines is 2. The molecule has 5 rings (SSSR count). The summed E-state index contributed by atoms with van der Waals surface area (Å²) in [5, 5.41) is 0. The number of hydrogen-bond acceptors (Lipinski definition) is 6. The van der Waals surface area contributed by atoms with Crippen molar-refractivity contribution in [1.82, 2.24) is 19.0 Å². The third-order valence-corrected chi connectivity index (χ3v) is 6.74. The van der Waals surface area contributed by atoms with Gasteiger partial charge < -0.3 is 20.3 Å². The third-order valence-electron chi connectivity index (χ3n) is 6.74. The number of piperidine rings is 1. The zero-order chi connectivity index (χ0) is 26.1. The second-order valence-corrected chi connectivity index (χ2v) is 9.32. The Morgan fingerprint density at radius 3 is 2.43 bits per heavy atom. The minimum Gasteiger partial charge on any atom is -0.457 e. The van der Waals surface area contributed by atoms with Gasteiger partial charge in [0.15, 0.2) is 0 Å². The average molecular weight is 499 g/mol. The molecule has 0 saturated carbocycles. The van der Waals surface area contributed by atoms with Crippen molar-refractivity contribution in [1.29, 1.82) is 0 Å². The number of ether oxygens (including phenoxy) is 1. The van der Waals surface area contributed by atoms with Gasteiger partial charge in [0.25, 0.3) is 0 Å². The summed E-state index contributed by atoms with van der Waals surface area (Å²) in [6.45, 7) is 4.69. The molecule has 2 N–H and O–H groups in total. The van der Waals surface area contributed by atoms with E-state index >= 15 is 0 Å². The van der Waals surface area contributed by atoms with Crippen LogP contribution in [0.2, 0.25) is 0 Å². The van der Waals surface area contributed by atoms with Crippen LogP contribution in [0.5, 0.6) is 11.5 Å². The van der Waals surface area contributed by atoms with E-state index in [4.69, 9.17) is 10.5 Å². The van der Waals surface area contributed by atoms with E-state index in [1.165, 1.54) is 6.08 Å². The third kappa shape index (κ3) is 4.55. The summed E-state index contributed by atoms with van der Waals surface area (Å²) in [5.74, 6) is 1.51. The number of fused-ring (bicyclic) bond motifs is 1. The number of amides is 1. The van der Waals surface area contributed by atoms with E-state index in [1.54, 1.807) is 26.3 Å². The molecule has 1 saturated heterocycles. The molecule has 1 aliphatic heterocycles. The van der Waals surface area contributed by atoms with Crippen molar-refractivity contribution in [2.45, 2.75) is 18.9 Å². The largest absolute Gasteiger partial charge is 0.457 e. The molecule has 37 heavy (non-hydrogen) atoms. The van der Waals surface area contributed by atoms with Gasteiger partial charge in [-0.1, -0.05) is 6.58 Å². The van der Waals surface area contributed by atoms with E-state index in [0.717, 1.165) is 24.3 Å². The van der Waals surface area contributed by atoms with Crippen molar-refractivity contribution in [2.75, 3.05) is 37.8 Å². The number of nitrogen functional groups attached to an aromatic ring is 1. The lowest BCUT2D eigenvalue weighted by molar-refractivity contribution is -0.127. The van der Waals surface area contributed by atoms with Crippen molar-refractivity contribution >= 4 is 28.4 Å². The molecule has 0 aliphatic carbocycles. The van der Waals surface area contributed by atoms with Crippen LogP contribution < -0.4 is 21.1 Å². The molecule has 190 valence electrons. The summed E-state index contributed by atoms with van der Waals surface area (Å²) in [6.07, 6.45) is 4.50. The summed E-state index contributed by atoms with van der Waals surface area (Å²) in [7, 11) is 3.97. The van der Waals surface area contributed by atoms with E-state index in [9.17, 15) is 9.59 Å². The maximum atomic E-state index is 13.8. The van der Waals surface area contributed by atoms with E-state index in [0.29, 0.717) is 35.6 Å². The Kier molecular flexibility index (Phi) is 6.43. The van der Waals surface area contributed by atoms with Gasteiger partial charge in [0.05, 0.1) is 17.2 Å². The first-order chi connectivity index (χ1) is 17.9. The van der Waals surface area contributed by atoms with Crippen LogP contribution in [-0.4, -0.2) is 52.1 Å². The Hall–Kier alpha value is -4.53. The van der Waals surface area contributed by atoms with Crippen molar-refractivity contribution in [2.24, 2.45) is 0 Å². The summed E-state index contributed by atoms with van der Waals surface area (Å²) >= 11 is 0. The predicted molar refractivity (Wildman–Crippen MR) is 146 cm³/mol. The van der Waals surface area contributed by atoms with Crippen molar-refractivity contribution in [3.8, 4) is 17.2 Å². The fourth-order valence-electron chi connectivity index (χ4n) is 4.89. The molecule has 3 heterocycles. The van der Waals surface area contributed by atoms with Gasteiger partial charge >= 0.3 is 5.69 Å². The van der Waals surface area contributed by atoms with Crippen molar-refractivity contribution < 1.29 is 9.53 Å². The maximum absolute atomic E-state index is 13.8. The summed E-state index contributed by atoms with van der Waals surface area (Å²) in [6, 6.07) is 16.7. The smallest absolute Gasteiger partial charge is 0.334 e.